The van der Waals surface area contributed by atoms with Crippen molar-refractivity contribution in [1.82, 2.24) is 9.97 Å². The molecule has 4 fully saturated rings. The quantitative estimate of drug-likeness (QED) is 0.633. The van der Waals surface area contributed by atoms with E-state index in [0.717, 1.165) is 36.0 Å². The number of nitriles is 1. The van der Waals surface area contributed by atoms with E-state index in [1.807, 2.05) is 6.07 Å². The van der Waals surface area contributed by atoms with Crippen LogP contribution in [0.5, 0.6) is 0 Å². The summed E-state index contributed by atoms with van der Waals surface area (Å²) >= 11 is 0. The summed E-state index contributed by atoms with van der Waals surface area (Å²) in [6, 6.07) is 2.00. The number of fused-ring (bicyclic) bond motifs is 5. The van der Waals surface area contributed by atoms with E-state index in [9.17, 15) is 4.79 Å². The van der Waals surface area contributed by atoms with E-state index in [1.54, 1.807) is 6.20 Å². The average Bonchev–Trinajstić information content (AvgIpc) is 3.16. The maximum absolute atomic E-state index is 13.3. The number of nitrogens with one attached hydrogen (secondary N) is 1. The fourth-order valence-corrected chi connectivity index (χ4v) is 8.75. The Kier molecular flexibility index (Phi) is 5.99. The molecule has 0 aliphatic heterocycles. The zero-order valence-corrected chi connectivity index (χ0v) is 19.7. The number of carbonyl (C=O) groups is 1. The number of amides is 1. The maximum Gasteiger partial charge on any atom is 0.229 e. The summed E-state index contributed by atoms with van der Waals surface area (Å²) in [7, 11) is 0. The summed E-state index contributed by atoms with van der Waals surface area (Å²) in [5, 5.41) is 12.1. The molecule has 4 aliphatic rings. The molecule has 0 radical (unpaired) electrons. The summed E-state index contributed by atoms with van der Waals surface area (Å²) in [5.74, 6) is 5.81. The van der Waals surface area contributed by atoms with E-state index in [-0.39, 0.29) is 22.9 Å². The summed E-state index contributed by atoms with van der Waals surface area (Å²) in [6.07, 6.45) is 17.6. The molecule has 5 nitrogen and oxygen atoms in total. The van der Waals surface area contributed by atoms with E-state index in [0.29, 0.717) is 11.7 Å². The van der Waals surface area contributed by atoms with Crippen molar-refractivity contribution in [3.05, 3.63) is 18.1 Å². The molecule has 1 N–H and O–H groups in total. The first-order chi connectivity index (χ1) is 15.5. The maximum atomic E-state index is 13.3. The highest BCUT2D eigenvalue weighted by Gasteiger charge is 2.58. The molecule has 5 rings (SSSR count). The van der Waals surface area contributed by atoms with Crippen molar-refractivity contribution in [2.45, 2.75) is 84.5 Å². The van der Waals surface area contributed by atoms with Crippen LogP contribution in [0.2, 0.25) is 0 Å². The third-order valence-electron chi connectivity index (χ3n) is 10.1. The van der Waals surface area contributed by atoms with Crippen LogP contribution in [0, 0.1) is 58.2 Å². The van der Waals surface area contributed by atoms with Gasteiger partial charge in [-0.25, -0.2) is 4.98 Å². The Morgan fingerprint density at radius 2 is 1.97 bits per heavy atom. The number of rotatable bonds is 4. The second-order valence-electron chi connectivity index (χ2n) is 11.5. The first-order valence-corrected chi connectivity index (χ1v) is 13.1. The molecule has 0 aromatic carbocycles. The first kappa shape index (κ1) is 21.9. The Bertz CT molecular complexity index is 894. The van der Waals surface area contributed by atoms with E-state index < -0.39 is 0 Å². The van der Waals surface area contributed by atoms with Crippen LogP contribution in [0.4, 0.5) is 5.82 Å². The molecule has 0 bridgehead atoms. The molecule has 4 aliphatic carbocycles. The standard InChI is InChI=1S/C27H38N4O/c1-3-4-17-5-7-20-18(13-17)6-8-22-21(20)11-12-27(2)23(22)9-10-24(27)26(32)31-25-16-29-15-19(14-28)30-25/h15-18,20-24H,3-13H2,1-2H3,(H,30,31,32). The van der Waals surface area contributed by atoms with Gasteiger partial charge in [-0.05, 0) is 92.3 Å². The minimum absolute atomic E-state index is 0.0407. The molecule has 4 saturated carbocycles. The van der Waals surface area contributed by atoms with Gasteiger partial charge in [-0.15, -0.1) is 0 Å². The normalized spacial score (nSPS) is 40.5. The number of anilines is 1. The average molecular weight is 435 g/mol. The van der Waals surface area contributed by atoms with E-state index in [4.69, 9.17) is 5.26 Å². The highest BCUT2D eigenvalue weighted by atomic mass is 16.2. The molecule has 5 heteroatoms. The van der Waals surface area contributed by atoms with Crippen molar-refractivity contribution in [2.24, 2.45) is 46.8 Å². The first-order valence-electron chi connectivity index (χ1n) is 13.1. The third-order valence-corrected chi connectivity index (χ3v) is 10.1. The molecule has 1 aromatic rings. The third kappa shape index (κ3) is 3.74. The summed E-state index contributed by atoms with van der Waals surface area (Å²) in [6.45, 7) is 4.73. The van der Waals surface area contributed by atoms with Crippen LogP contribution in [-0.2, 0) is 4.79 Å². The Balaban J connectivity index is 1.28. The van der Waals surface area contributed by atoms with Crippen LogP contribution in [0.25, 0.3) is 0 Å². The second kappa shape index (κ2) is 8.76. The lowest BCUT2D eigenvalue weighted by molar-refractivity contribution is -0.127. The van der Waals surface area contributed by atoms with Crippen molar-refractivity contribution in [2.75, 3.05) is 5.32 Å². The summed E-state index contributed by atoms with van der Waals surface area (Å²) in [5.41, 5.74) is 0.335. The van der Waals surface area contributed by atoms with Crippen LogP contribution in [0.3, 0.4) is 0 Å². The fraction of sp³-hybridized carbons (Fsp3) is 0.778. The van der Waals surface area contributed by atoms with Crippen LogP contribution >= 0.6 is 0 Å². The van der Waals surface area contributed by atoms with E-state index >= 15 is 0 Å². The number of hydrogen-bond donors (Lipinski definition) is 1. The topological polar surface area (TPSA) is 78.7 Å². The van der Waals surface area contributed by atoms with Gasteiger partial charge in [0, 0.05) is 5.92 Å². The predicted octanol–water partition coefficient (Wildman–Crippen LogP) is 5.97. The van der Waals surface area contributed by atoms with Crippen molar-refractivity contribution in [3.8, 4) is 6.07 Å². The van der Waals surface area contributed by atoms with Gasteiger partial charge in [0.05, 0.1) is 12.4 Å². The minimum atomic E-state index is 0.0407. The fourth-order valence-electron chi connectivity index (χ4n) is 8.75. The monoisotopic (exact) mass is 434 g/mol. The Morgan fingerprint density at radius 3 is 2.78 bits per heavy atom. The van der Waals surface area contributed by atoms with Gasteiger partial charge in [-0.1, -0.05) is 33.1 Å². The molecule has 1 amide bonds. The molecule has 1 aromatic heterocycles. The second-order valence-corrected chi connectivity index (χ2v) is 11.5. The zero-order chi connectivity index (χ0) is 22.3. The number of aromatic nitrogens is 2. The van der Waals surface area contributed by atoms with Crippen LogP contribution < -0.4 is 5.32 Å². The molecule has 1 heterocycles. The Morgan fingerprint density at radius 1 is 1.12 bits per heavy atom. The number of carbonyl (C=O) groups excluding carboxylic acids is 1. The Hall–Kier alpha value is -1.96. The van der Waals surface area contributed by atoms with E-state index in [2.05, 4.69) is 29.1 Å². The molecule has 8 unspecified atom stereocenters. The molecular formula is C27H38N4O. The van der Waals surface area contributed by atoms with Gasteiger partial charge < -0.3 is 5.32 Å². The molecule has 8 atom stereocenters. The lowest BCUT2D eigenvalue weighted by Gasteiger charge is -2.56. The van der Waals surface area contributed by atoms with Crippen molar-refractivity contribution >= 4 is 11.7 Å². The lowest BCUT2D eigenvalue weighted by Crippen LogP contribution is -2.49. The van der Waals surface area contributed by atoms with Gasteiger partial charge in [-0.3, -0.25) is 9.78 Å². The lowest BCUT2D eigenvalue weighted by atomic mass is 9.49. The van der Waals surface area contributed by atoms with Gasteiger partial charge in [0.1, 0.15) is 6.07 Å². The van der Waals surface area contributed by atoms with Gasteiger partial charge >= 0.3 is 0 Å². The van der Waals surface area contributed by atoms with Crippen molar-refractivity contribution < 1.29 is 4.79 Å². The van der Waals surface area contributed by atoms with Gasteiger partial charge in [0.25, 0.3) is 0 Å². The van der Waals surface area contributed by atoms with Crippen molar-refractivity contribution in [3.63, 3.8) is 0 Å². The van der Waals surface area contributed by atoms with Gasteiger partial charge in [0.15, 0.2) is 11.5 Å². The van der Waals surface area contributed by atoms with E-state index in [1.165, 1.54) is 70.4 Å². The van der Waals surface area contributed by atoms with Crippen LogP contribution in [0.1, 0.15) is 90.2 Å². The molecule has 172 valence electrons. The highest BCUT2D eigenvalue weighted by Crippen LogP contribution is 2.64. The zero-order valence-electron chi connectivity index (χ0n) is 19.7. The Labute approximate surface area is 192 Å². The largest absolute Gasteiger partial charge is 0.309 e. The summed E-state index contributed by atoms with van der Waals surface area (Å²) in [4.78, 5) is 21.5. The molecule has 0 spiro atoms. The summed E-state index contributed by atoms with van der Waals surface area (Å²) < 4.78 is 0. The highest BCUT2D eigenvalue weighted by molar-refractivity contribution is 5.92. The smallest absolute Gasteiger partial charge is 0.229 e. The molecule has 32 heavy (non-hydrogen) atoms. The predicted molar refractivity (Wildman–Crippen MR) is 124 cm³/mol. The van der Waals surface area contributed by atoms with Crippen LogP contribution in [0.15, 0.2) is 12.4 Å². The van der Waals surface area contributed by atoms with Crippen molar-refractivity contribution in [1.29, 1.82) is 5.26 Å². The van der Waals surface area contributed by atoms with Gasteiger partial charge in [0.2, 0.25) is 5.91 Å². The number of nitrogens with zero attached hydrogens (tertiary/aromatic N) is 3. The minimum Gasteiger partial charge on any atom is -0.309 e. The van der Waals surface area contributed by atoms with Crippen LogP contribution in [-0.4, -0.2) is 15.9 Å². The number of hydrogen-bond acceptors (Lipinski definition) is 4. The van der Waals surface area contributed by atoms with Gasteiger partial charge in [-0.2, -0.15) is 5.26 Å². The molecular weight excluding hydrogens is 396 g/mol. The SMILES string of the molecule is CCCC1CCC2C(CCC3C2CCC2(C)C(C(=O)Nc4cncc(C#N)n4)CCC32)C1. The molecule has 0 saturated heterocycles.